The molecule has 3 aromatic rings. The monoisotopic (exact) mass is 403 g/mol. The molecule has 0 bridgehead atoms. The van der Waals surface area contributed by atoms with Gasteiger partial charge in [-0.15, -0.1) is 0 Å². The lowest BCUT2D eigenvalue weighted by molar-refractivity contribution is 0.0997. The third-order valence-corrected chi connectivity index (χ3v) is 7.10. The number of sulfonamides is 1. The highest BCUT2D eigenvalue weighted by Crippen LogP contribution is 2.19. The van der Waals surface area contributed by atoms with Crippen molar-refractivity contribution in [1.29, 1.82) is 0 Å². The van der Waals surface area contributed by atoms with Crippen LogP contribution in [0.1, 0.15) is 22.8 Å². The van der Waals surface area contributed by atoms with Gasteiger partial charge in [0.25, 0.3) is 5.91 Å². The van der Waals surface area contributed by atoms with Gasteiger partial charge in [0.15, 0.2) is 4.80 Å². The van der Waals surface area contributed by atoms with E-state index in [1.807, 2.05) is 30.5 Å². The predicted molar refractivity (Wildman–Crippen MR) is 107 cm³/mol. The Kier molecular flexibility index (Phi) is 5.32. The normalized spacial score (nSPS) is 12.9. The van der Waals surface area contributed by atoms with Gasteiger partial charge in [-0.25, -0.2) is 12.7 Å². The molecule has 3 rings (SSSR count). The highest BCUT2D eigenvalue weighted by atomic mass is 32.2. The van der Waals surface area contributed by atoms with E-state index in [2.05, 4.69) is 11.1 Å². The van der Waals surface area contributed by atoms with E-state index in [4.69, 9.17) is 0 Å². The molecule has 0 fully saturated rings. The summed E-state index contributed by atoms with van der Waals surface area (Å²) < 4.78 is 28.5. The summed E-state index contributed by atoms with van der Waals surface area (Å²) in [6, 6.07) is 12.0. The minimum Gasteiger partial charge on any atom is -0.317 e. The van der Waals surface area contributed by atoms with Gasteiger partial charge in [-0.2, -0.15) is 4.99 Å². The number of nitrogens with zero attached hydrogens (tertiary/aromatic N) is 3. The molecule has 1 aromatic heterocycles. The smallest absolute Gasteiger partial charge is 0.279 e. The maximum atomic E-state index is 12.6. The number of carbonyl (C=O) groups is 1. The average Bonchev–Trinajstić information content (AvgIpc) is 2.97. The molecule has 2 aromatic carbocycles. The first-order valence-corrected chi connectivity index (χ1v) is 10.7. The third-order valence-electron chi connectivity index (χ3n) is 4.23. The zero-order valence-electron chi connectivity index (χ0n) is 15.6. The number of fused-ring (bicyclic) bond motifs is 1. The Morgan fingerprint density at radius 1 is 1.15 bits per heavy atom. The van der Waals surface area contributed by atoms with Crippen molar-refractivity contribution in [3.63, 3.8) is 0 Å². The van der Waals surface area contributed by atoms with E-state index in [0.717, 1.165) is 20.1 Å². The average molecular weight is 404 g/mol. The fourth-order valence-corrected chi connectivity index (χ4v) is 4.80. The number of thiazole rings is 1. The topological polar surface area (TPSA) is 71.7 Å². The van der Waals surface area contributed by atoms with Gasteiger partial charge in [-0.1, -0.05) is 17.4 Å². The first-order valence-electron chi connectivity index (χ1n) is 8.45. The number of aromatic nitrogens is 1. The van der Waals surface area contributed by atoms with Crippen molar-refractivity contribution in [2.45, 2.75) is 25.3 Å². The summed E-state index contributed by atoms with van der Waals surface area (Å²) in [5.41, 5.74) is 2.55. The van der Waals surface area contributed by atoms with Gasteiger partial charge in [0.2, 0.25) is 10.0 Å². The fourth-order valence-electron chi connectivity index (χ4n) is 2.70. The van der Waals surface area contributed by atoms with Gasteiger partial charge < -0.3 is 4.57 Å². The zero-order chi connectivity index (χ0) is 19.8. The van der Waals surface area contributed by atoms with E-state index in [1.165, 1.54) is 49.7 Å². The van der Waals surface area contributed by atoms with Crippen LogP contribution in [0.25, 0.3) is 10.2 Å². The molecule has 6 nitrogen and oxygen atoms in total. The molecule has 1 amide bonds. The van der Waals surface area contributed by atoms with Gasteiger partial charge >= 0.3 is 0 Å². The summed E-state index contributed by atoms with van der Waals surface area (Å²) in [6.07, 6.45) is 0. The standard InChI is InChI=1S/C19H21N3O3S2/c1-5-22-16-11-6-13(2)12-17(16)26-19(22)20-18(23)14-7-9-15(10-8-14)27(24,25)21(3)4/h6-12H,5H2,1-4H3. The number of rotatable bonds is 4. The van der Waals surface area contributed by atoms with Gasteiger partial charge in [0, 0.05) is 26.2 Å². The largest absolute Gasteiger partial charge is 0.317 e. The molecule has 27 heavy (non-hydrogen) atoms. The SMILES string of the molecule is CCn1c(=NC(=O)c2ccc(S(=O)(=O)N(C)C)cc2)sc2cc(C)ccc21. The predicted octanol–water partition coefficient (Wildman–Crippen LogP) is 3.02. The zero-order valence-corrected chi connectivity index (χ0v) is 17.3. The summed E-state index contributed by atoms with van der Waals surface area (Å²) in [5.74, 6) is -0.394. The minimum atomic E-state index is -3.52. The van der Waals surface area contributed by atoms with Crippen LogP contribution in [0.3, 0.4) is 0 Å². The lowest BCUT2D eigenvalue weighted by atomic mass is 10.2. The van der Waals surface area contributed by atoms with E-state index >= 15 is 0 Å². The van der Waals surface area contributed by atoms with Crippen LogP contribution < -0.4 is 4.80 Å². The Morgan fingerprint density at radius 2 is 1.81 bits per heavy atom. The number of benzene rings is 2. The Labute approximate surface area is 162 Å². The highest BCUT2D eigenvalue weighted by Gasteiger charge is 2.17. The molecule has 0 radical (unpaired) electrons. The van der Waals surface area contributed by atoms with Crippen molar-refractivity contribution in [2.24, 2.45) is 4.99 Å². The van der Waals surface area contributed by atoms with E-state index < -0.39 is 15.9 Å². The van der Waals surface area contributed by atoms with E-state index in [9.17, 15) is 13.2 Å². The molecular formula is C19H21N3O3S2. The first kappa shape index (κ1) is 19.5. The van der Waals surface area contributed by atoms with E-state index in [0.29, 0.717) is 16.9 Å². The Bertz CT molecular complexity index is 1170. The van der Waals surface area contributed by atoms with Gasteiger partial charge in [0.05, 0.1) is 15.1 Å². The number of carbonyl (C=O) groups excluding carboxylic acids is 1. The summed E-state index contributed by atoms with van der Waals surface area (Å²) in [5, 5.41) is 0. The molecule has 8 heteroatoms. The summed E-state index contributed by atoms with van der Waals surface area (Å²) in [6.45, 7) is 4.74. The van der Waals surface area contributed by atoms with Crippen molar-refractivity contribution in [2.75, 3.05) is 14.1 Å². The first-order chi connectivity index (χ1) is 12.7. The van der Waals surface area contributed by atoms with Crippen molar-refractivity contribution >= 4 is 37.5 Å². The summed E-state index contributed by atoms with van der Waals surface area (Å²) >= 11 is 1.47. The van der Waals surface area contributed by atoms with Crippen LogP contribution in [0.4, 0.5) is 0 Å². The van der Waals surface area contributed by atoms with Crippen LogP contribution in [0, 0.1) is 6.92 Å². The van der Waals surface area contributed by atoms with E-state index in [1.54, 1.807) is 0 Å². The Hall–Kier alpha value is -2.29. The Balaban J connectivity index is 2.01. The molecule has 0 N–H and O–H groups in total. The fraction of sp³-hybridized carbons (Fsp3) is 0.263. The van der Waals surface area contributed by atoms with Crippen LogP contribution in [0.15, 0.2) is 52.4 Å². The second kappa shape index (κ2) is 7.38. The highest BCUT2D eigenvalue weighted by molar-refractivity contribution is 7.89. The number of aryl methyl sites for hydroxylation is 2. The van der Waals surface area contributed by atoms with Crippen molar-refractivity contribution in [3.8, 4) is 0 Å². The van der Waals surface area contributed by atoms with Crippen LogP contribution >= 0.6 is 11.3 Å². The molecule has 0 aliphatic rings. The number of hydrogen-bond acceptors (Lipinski definition) is 4. The molecular weight excluding hydrogens is 382 g/mol. The lowest BCUT2D eigenvalue weighted by Gasteiger charge is -2.11. The quantitative estimate of drug-likeness (QED) is 0.672. The van der Waals surface area contributed by atoms with Crippen LogP contribution in [-0.2, 0) is 16.6 Å². The minimum absolute atomic E-state index is 0.144. The maximum Gasteiger partial charge on any atom is 0.279 e. The van der Waals surface area contributed by atoms with Crippen LogP contribution in [0.2, 0.25) is 0 Å². The molecule has 0 spiro atoms. The number of hydrogen-bond donors (Lipinski definition) is 0. The summed E-state index contributed by atoms with van der Waals surface area (Å²) in [4.78, 5) is 17.6. The van der Waals surface area contributed by atoms with Gasteiger partial charge in [-0.05, 0) is 55.8 Å². The van der Waals surface area contributed by atoms with Crippen molar-refractivity contribution in [3.05, 3.63) is 58.4 Å². The lowest BCUT2D eigenvalue weighted by Crippen LogP contribution is -2.22. The van der Waals surface area contributed by atoms with Crippen molar-refractivity contribution in [1.82, 2.24) is 8.87 Å². The molecule has 0 saturated heterocycles. The second-order valence-corrected chi connectivity index (χ2v) is 9.49. The Morgan fingerprint density at radius 3 is 2.41 bits per heavy atom. The molecule has 1 heterocycles. The van der Waals surface area contributed by atoms with Gasteiger partial charge in [0.1, 0.15) is 0 Å². The molecule has 0 saturated carbocycles. The molecule has 0 aliphatic carbocycles. The molecule has 0 aliphatic heterocycles. The van der Waals surface area contributed by atoms with Crippen LogP contribution in [0.5, 0.6) is 0 Å². The molecule has 0 unspecified atom stereocenters. The number of amides is 1. The third kappa shape index (κ3) is 3.73. The summed E-state index contributed by atoms with van der Waals surface area (Å²) in [7, 11) is -0.584. The molecule has 0 atom stereocenters. The van der Waals surface area contributed by atoms with Crippen molar-refractivity contribution < 1.29 is 13.2 Å². The van der Waals surface area contributed by atoms with E-state index in [-0.39, 0.29) is 4.90 Å². The van der Waals surface area contributed by atoms with Crippen LogP contribution in [-0.4, -0.2) is 37.3 Å². The van der Waals surface area contributed by atoms with Gasteiger partial charge in [-0.3, -0.25) is 4.79 Å². The second-order valence-electron chi connectivity index (χ2n) is 6.33. The molecule has 142 valence electrons. The maximum absolute atomic E-state index is 12.6.